The zero-order valence-corrected chi connectivity index (χ0v) is 12.4. The lowest BCUT2D eigenvalue weighted by Crippen LogP contribution is -2.18. The zero-order valence-electron chi connectivity index (χ0n) is 10.8. The van der Waals surface area contributed by atoms with Gasteiger partial charge in [0.1, 0.15) is 10.6 Å². The fourth-order valence-electron chi connectivity index (χ4n) is 2.22. The van der Waals surface area contributed by atoms with Crippen molar-refractivity contribution in [2.75, 3.05) is 4.72 Å². The van der Waals surface area contributed by atoms with Crippen LogP contribution in [0.1, 0.15) is 30.9 Å². The summed E-state index contributed by atoms with van der Waals surface area (Å²) in [5.41, 5.74) is 0.929. The molecule has 1 saturated carbocycles. The monoisotopic (exact) mass is 315 g/mol. The standard InChI is InChI=1S/C11H14ClN5O2S/c1-17-6-8(11(12)15-17)16-20(18,19)9-5-13-14-10(9)7-3-2-4-7/h5-7,16H,2-4H2,1H3,(H,13,14). The van der Waals surface area contributed by atoms with Gasteiger partial charge in [-0.2, -0.15) is 10.2 Å². The normalized spacial score (nSPS) is 16.1. The number of hydrogen-bond donors (Lipinski definition) is 2. The van der Waals surface area contributed by atoms with Crippen molar-refractivity contribution in [1.82, 2.24) is 20.0 Å². The van der Waals surface area contributed by atoms with Crippen LogP contribution in [-0.4, -0.2) is 28.4 Å². The molecule has 0 bridgehead atoms. The number of aromatic nitrogens is 4. The van der Waals surface area contributed by atoms with Crippen LogP contribution in [0.3, 0.4) is 0 Å². The molecule has 1 aliphatic rings. The molecule has 2 aromatic rings. The largest absolute Gasteiger partial charge is 0.281 e. The molecule has 0 amide bonds. The number of aromatic amines is 1. The summed E-state index contributed by atoms with van der Waals surface area (Å²) in [5.74, 6) is 0.244. The average molecular weight is 316 g/mol. The van der Waals surface area contributed by atoms with Gasteiger partial charge >= 0.3 is 0 Å². The number of H-pyrrole nitrogens is 1. The molecule has 0 unspecified atom stereocenters. The van der Waals surface area contributed by atoms with E-state index in [1.165, 1.54) is 17.1 Å². The van der Waals surface area contributed by atoms with E-state index >= 15 is 0 Å². The van der Waals surface area contributed by atoms with Gasteiger partial charge in [0.05, 0.1) is 18.1 Å². The third-order valence-electron chi connectivity index (χ3n) is 3.46. The summed E-state index contributed by atoms with van der Waals surface area (Å²) in [5, 5.41) is 10.7. The number of nitrogens with zero attached hydrogens (tertiary/aromatic N) is 3. The second-order valence-electron chi connectivity index (χ2n) is 4.89. The van der Waals surface area contributed by atoms with Crippen LogP contribution in [0.15, 0.2) is 17.3 Å². The molecule has 0 radical (unpaired) electrons. The molecule has 1 aliphatic carbocycles. The number of rotatable bonds is 4. The van der Waals surface area contributed by atoms with E-state index in [1.807, 2.05) is 0 Å². The van der Waals surface area contributed by atoms with E-state index in [-0.39, 0.29) is 21.7 Å². The van der Waals surface area contributed by atoms with E-state index in [4.69, 9.17) is 11.6 Å². The molecule has 0 aliphatic heterocycles. The minimum Gasteiger partial charge on any atom is -0.281 e. The van der Waals surface area contributed by atoms with E-state index in [1.54, 1.807) is 7.05 Å². The Morgan fingerprint density at radius 2 is 2.25 bits per heavy atom. The molecule has 0 saturated heterocycles. The highest BCUT2D eigenvalue weighted by Gasteiger charge is 2.30. The molecule has 20 heavy (non-hydrogen) atoms. The molecule has 108 valence electrons. The first-order valence-corrected chi connectivity index (χ1v) is 8.09. The lowest BCUT2D eigenvalue weighted by Gasteiger charge is -2.24. The molecule has 0 spiro atoms. The Labute approximate surface area is 121 Å². The van der Waals surface area contributed by atoms with Gasteiger partial charge in [-0.1, -0.05) is 18.0 Å². The Morgan fingerprint density at radius 3 is 2.80 bits per heavy atom. The van der Waals surface area contributed by atoms with E-state index in [2.05, 4.69) is 20.0 Å². The zero-order chi connectivity index (χ0) is 14.3. The first-order chi connectivity index (χ1) is 9.47. The van der Waals surface area contributed by atoms with Crippen molar-refractivity contribution in [1.29, 1.82) is 0 Å². The van der Waals surface area contributed by atoms with Crippen molar-refractivity contribution in [2.45, 2.75) is 30.1 Å². The SMILES string of the molecule is Cn1cc(NS(=O)(=O)c2cn[nH]c2C2CCC2)c(Cl)n1. The summed E-state index contributed by atoms with van der Waals surface area (Å²) >= 11 is 5.87. The van der Waals surface area contributed by atoms with Crippen LogP contribution in [0.5, 0.6) is 0 Å². The van der Waals surface area contributed by atoms with Crippen molar-refractivity contribution in [2.24, 2.45) is 7.05 Å². The second-order valence-corrected chi connectivity index (χ2v) is 6.90. The topological polar surface area (TPSA) is 92.7 Å². The number of sulfonamides is 1. The highest BCUT2D eigenvalue weighted by Crippen LogP contribution is 2.38. The van der Waals surface area contributed by atoms with Crippen LogP contribution in [0.2, 0.25) is 5.15 Å². The van der Waals surface area contributed by atoms with Gasteiger partial charge in [0, 0.05) is 13.0 Å². The van der Waals surface area contributed by atoms with Crippen LogP contribution >= 0.6 is 11.6 Å². The fourth-order valence-corrected chi connectivity index (χ4v) is 3.73. The van der Waals surface area contributed by atoms with Gasteiger partial charge < -0.3 is 0 Å². The Kier molecular flexibility index (Phi) is 3.21. The maximum atomic E-state index is 12.4. The molecule has 2 aromatic heterocycles. The van der Waals surface area contributed by atoms with Crippen LogP contribution in [-0.2, 0) is 17.1 Å². The summed E-state index contributed by atoms with van der Waals surface area (Å²) in [7, 11) is -2.04. The van der Waals surface area contributed by atoms with Crippen LogP contribution in [0.25, 0.3) is 0 Å². The van der Waals surface area contributed by atoms with Crippen molar-refractivity contribution >= 4 is 27.3 Å². The van der Waals surface area contributed by atoms with Gasteiger partial charge in [0.15, 0.2) is 5.15 Å². The van der Waals surface area contributed by atoms with Crippen molar-refractivity contribution in [3.05, 3.63) is 23.2 Å². The summed E-state index contributed by atoms with van der Waals surface area (Å²) in [6, 6.07) is 0. The second kappa shape index (κ2) is 4.78. The maximum absolute atomic E-state index is 12.4. The van der Waals surface area contributed by atoms with Gasteiger partial charge in [-0.25, -0.2) is 8.42 Å². The highest BCUT2D eigenvalue weighted by atomic mass is 35.5. The van der Waals surface area contributed by atoms with E-state index in [0.29, 0.717) is 5.69 Å². The lowest BCUT2D eigenvalue weighted by atomic mass is 9.83. The maximum Gasteiger partial charge on any atom is 0.265 e. The number of nitrogens with one attached hydrogen (secondary N) is 2. The molecule has 2 N–H and O–H groups in total. The van der Waals surface area contributed by atoms with Crippen molar-refractivity contribution < 1.29 is 8.42 Å². The first-order valence-electron chi connectivity index (χ1n) is 6.22. The molecule has 0 atom stereocenters. The molecule has 2 heterocycles. The van der Waals surface area contributed by atoms with Gasteiger partial charge in [0.2, 0.25) is 0 Å². The minimum absolute atomic E-state index is 0.116. The summed E-state index contributed by atoms with van der Waals surface area (Å²) in [6.07, 6.45) is 5.94. The molecular formula is C11H14ClN5O2S. The highest BCUT2D eigenvalue weighted by molar-refractivity contribution is 7.92. The van der Waals surface area contributed by atoms with Crippen LogP contribution in [0, 0.1) is 0 Å². The number of hydrogen-bond acceptors (Lipinski definition) is 4. The van der Waals surface area contributed by atoms with Gasteiger partial charge in [-0.05, 0) is 12.8 Å². The molecule has 0 aromatic carbocycles. The molecule has 7 nitrogen and oxygen atoms in total. The average Bonchev–Trinajstić information content (AvgIpc) is 2.84. The molecule has 9 heteroatoms. The number of aryl methyl sites for hydroxylation is 1. The fraction of sp³-hybridized carbons (Fsp3) is 0.455. The summed E-state index contributed by atoms with van der Waals surface area (Å²) < 4.78 is 28.7. The molecule has 3 rings (SSSR count). The first kappa shape index (κ1) is 13.4. The van der Waals surface area contributed by atoms with Gasteiger partial charge in [0.25, 0.3) is 10.0 Å². The Morgan fingerprint density at radius 1 is 1.50 bits per heavy atom. The minimum atomic E-state index is -3.71. The van der Waals surface area contributed by atoms with Gasteiger partial charge in [-0.3, -0.25) is 14.5 Å². The van der Waals surface area contributed by atoms with E-state index in [9.17, 15) is 8.42 Å². The lowest BCUT2D eigenvalue weighted by molar-refractivity contribution is 0.405. The number of anilines is 1. The van der Waals surface area contributed by atoms with E-state index in [0.717, 1.165) is 19.3 Å². The van der Waals surface area contributed by atoms with Crippen LogP contribution < -0.4 is 4.72 Å². The third kappa shape index (κ3) is 2.29. The Hall–Kier alpha value is -1.54. The molecule has 1 fully saturated rings. The smallest absolute Gasteiger partial charge is 0.265 e. The quantitative estimate of drug-likeness (QED) is 0.900. The van der Waals surface area contributed by atoms with Crippen molar-refractivity contribution in [3.63, 3.8) is 0 Å². The third-order valence-corrected chi connectivity index (χ3v) is 5.14. The summed E-state index contributed by atoms with van der Waals surface area (Å²) in [4.78, 5) is 0.183. The van der Waals surface area contributed by atoms with Crippen molar-refractivity contribution in [3.8, 4) is 0 Å². The van der Waals surface area contributed by atoms with Gasteiger partial charge in [-0.15, -0.1) is 0 Å². The number of halogens is 1. The van der Waals surface area contributed by atoms with Crippen LogP contribution in [0.4, 0.5) is 5.69 Å². The summed E-state index contributed by atoms with van der Waals surface area (Å²) in [6.45, 7) is 0. The Bertz CT molecular complexity index is 732. The van der Waals surface area contributed by atoms with E-state index < -0.39 is 10.0 Å². The Balaban J connectivity index is 1.92. The molecular weight excluding hydrogens is 302 g/mol. The predicted octanol–water partition coefficient (Wildman–Crippen LogP) is 1.86. The predicted molar refractivity (Wildman–Crippen MR) is 74.2 cm³/mol.